The van der Waals surface area contributed by atoms with Gasteiger partial charge in [0, 0.05) is 0 Å². The van der Waals surface area contributed by atoms with Crippen molar-refractivity contribution in [2.24, 2.45) is 0 Å². The number of carbonyl (C=O) groups excluding carboxylic acids is 1. The summed E-state index contributed by atoms with van der Waals surface area (Å²) in [5.41, 5.74) is 0.841. The Labute approximate surface area is 87.2 Å². The van der Waals surface area contributed by atoms with Gasteiger partial charge in [0.15, 0.2) is 11.6 Å². The summed E-state index contributed by atoms with van der Waals surface area (Å²) in [5, 5.41) is -0.0296. The van der Waals surface area contributed by atoms with Gasteiger partial charge in [-0.15, -0.1) is 0 Å². The molecule has 0 aliphatic heterocycles. The molecule has 0 aromatic heterocycles. The van der Waals surface area contributed by atoms with Gasteiger partial charge < -0.3 is 0 Å². The van der Waals surface area contributed by atoms with Crippen LogP contribution in [0.2, 0.25) is 5.02 Å². The van der Waals surface area contributed by atoms with E-state index in [2.05, 4.69) is 0 Å². The maximum Gasteiger partial charge on any atom is 0.188 e. The predicted molar refractivity (Wildman–Crippen MR) is 55.2 cm³/mol. The predicted octanol–water partition coefficient (Wildman–Crippen LogP) is 3.63. The summed E-state index contributed by atoms with van der Waals surface area (Å²) in [6.45, 7) is 3.56. The second-order valence-electron chi connectivity index (χ2n) is 3.19. The first-order valence-corrected chi connectivity index (χ1v) is 4.53. The van der Waals surface area contributed by atoms with Gasteiger partial charge in [-0.25, -0.2) is 4.39 Å². The van der Waals surface area contributed by atoms with Crippen molar-refractivity contribution in [1.29, 1.82) is 0 Å². The summed E-state index contributed by atoms with van der Waals surface area (Å²) in [7, 11) is 0. The standard InChI is InChI=1S/C11H10ClFO/c1-7(2)6-10(14)8-4-3-5-9(12)11(8)13/h3-6H,1-2H3. The number of hydrogen-bond donors (Lipinski definition) is 0. The van der Waals surface area contributed by atoms with E-state index in [-0.39, 0.29) is 16.4 Å². The Morgan fingerprint density at radius 3 is 2.64 bits per heavy atom. The molecule has 0 saturated carbocycles. The van der Waals surface area contributed by atoms with Gasteiger partial charge in [0.05, 0.1) is 10.6 Å². The Morgan fingerprint density at radius 2 is 2.07 bits per heavy atom. The average Bonchev–Trinajstić information content (AvgIpc) is 2.08. The fraction of sp³-hybridized carbons (Fsp3) is 0.182. The first kappa shape index (κ1) is 10.9. The van der Waals surface area contributed by atoms with E-state index in [9.17, 15) is 9.18 Å². The van der Waals surface area contributed by atoms with Crippen molar-refractivity contribution in [1.82, 2.24) is 0 Å². The van der Waals surface area contributed by atoms with Crippen molar-refractivity contribution in [2.45, 2.75) is 13.8 Å². The minimum absolute atomic E-state index is 0.0127. The quantitative estimate of drug-likeness (QED) is 0.541. The zero-order valence-electron chi connectivity index (χ0n) is 7.97. The van der Waals surface area contributed by atoms with E-state index in [0.29, 0.717) is 0 Å². The highest BCUT2D eigenvalue weighted by molar-refractivity contribution is 6.31. The fourth-order valence-corrected chi connectivity index (χ4v) is 1.21. The average molecular weight is 213 g/mol. The lowest BCUT2D eigenvalue weighted by Crippen LogP contribution is -1.99. The van der Waals surface area contributed by atoms with Crippen molar-refractivity contribution in [3.63, 3.8) is 0 Å². The van der Waals surface area contributed by atoms with E-state index >= 15 is 0 Å². The lowest BCUT2D eigenvalue weighted by molar-refractivity contribution is 0.104. The maximum absolute atomic E-state index is 13.3. The van der Waals surface area contributed by atoms with Crippen LogP contribution >= 0.6 is 11.6 Å². The number of carbonyl (C=O) groups is 1. The molecule has 0 fully saturated rings. The van der Waals surface area contributed by atoms with Crippen molar-refractivity contribution in [3.8, 4) is 0 Å². The molecule has 14 heavy (non-hydrogen) atoms. The molecule has 1 rings (SSSR count). The van der Waals surface area contributed by atoms with Crippen LogP contribution in [-0.2, 0) is 0 Å². The third kappa shape index (κ3) is 2.42. The molecule has 0 amide bonds. The first-order valence-electron chi connectivity index (χ1n) is 4.15. The normalized spacial score (nSPS) is 9.71. The minimum atomic E-state index is -0.656. The molecule has 0 aliphatic carbocycles. The minimum Gasteiger partial charge on any atom is -0.289 e. The highest BCUT2D eigenvalue weighted by Crippen LogP contribution is 2.18. The molecule has 0 radical (unpaired) electrons. The zero-order chi connectivity index (χ0) is 10.7. The lowest BCUT2D eigenvalue weighted by atomic mass is 10.1. The van der Waals surface area contributed by atoms with Gasteiger partial charge in [-0.1, -0.05) is 23.2 Å². The monoisotopic (exact) mass is 212 g/mol. The molecular formula is C11H10ClFO. The SMILES string of the molecule is CC(C)=CC(=O)c1cccc(Cl)c1F. The Bertz CT molecular complexity index is 392. The summed E-state index contributed by atoms with van der Waals surface area (Å²) < 4.78 is 13.3. The van der Waals surface area contributed by atoms with Gasteiger partial charge in [0.2, 0.25) is 0 Å². The molecule has 0 unspecified atom stereocenters. The molecular weight excluding hydrogens is 203 g/mol. The summed E-state index contributed by atoms with van der Waals surface area (Å²) in [6, 6.07) is 4.39. The van der Waals surface area contributed by atoms with Crippen LogP contribution in [0, 0.1) is 5.82 Å². The Morgan fingerprint density at radius 1 is 1.43 bits per heavy atom. The molecule has 0 bridgehead atoms. The van der Waals surface area contributed by atoms with Crippen LogP contribution in [0.15, 0.2) is 29.8 Å². The van der Waals surface area contributed by atoms with Gasteiger partial charge in [-0.2, -0.15) is 0 Å². The van der Waals surface area contributed by atoms with Crippen LogP contribution in [0.3, 0.4) is 0 Å². The van der Waals surface area contributed by atoms with E-state index < -0.39 is 5.82 Å². The topological polar surface area (TPSA) is 17.1 Å². The van der Waals surface area contributed by atoms with Crippen LogP contribution < -0.4 is 0 Å². The third-order valence-corrected chi connectivity index (χ3v) is 1.93. The largest absolute Gasteiger partial charge is 0.289 e. The van der Waals surface area contributed by atoms with Crippen molar-refractivity contribution in [3.05, 3.63) is 46.3 Å². The van der Waals surface area contributed by atoms with E-state index in [1.54, 1.807) is 19.9 Å². The van der Waals surface area contributed by atoms with Gasteiger partial charge in [0.25, 0.3) is 0 Å². The second-order valence-corrected chi connectivity index (χ2v) is 3.59. The molecule has 1 aromatic carbocycles. The second kappa shape index (κ2) is 4.38. The number of ketones is 1. The van der Waals surface area contributed by atoms with Crippen LogP contribution in [0.5, 0.6) is 0 Å². The Kier molecular flexibility index (Phi) is 3.42. The summed E-state index contributed by atoms with van der Waals surface area (Å²) >= 11 is 5.55. The van der Waals surface area contributed by atoms with Crippen molar-refractivity contribution < 1.29 is 9.18 Å². The van der Waals surface area contributed by atoms with E-state index in [4.69, 9.17) is 11.6 Å². The number of rotatable bonds is 2. The molecule has 0 heterocycles. The summed E-state index contributed by atoms with van der Waals surface area (Å²) in [5.74, 6) is -1.01. The number of allylic oxidation sites excluding steroid dienone is 2. The van der Waals surface area contributed by atoms with E-state index in [1.165, 1.54) is 18.2 Å². The summed E-state index contributed by atoms with van der Waals surface area (Å²) in [4.78, 5) is 11.5. The lowest BCUT2D eigenvalue weighted by Gasteiger charge is -2.00. The Hall–Kier alpha value is -1.15. The fourth-order valence-electron chi connectivity index (χ4n) is 1.03. The van der Waals surface area contributed by atoms with Crippen LogP contribution in [-0.4, -0.2) is 5.78 Å². The maximum atomic E-state index is 13.3. The molecule has 74 valence electrons. The molecule has 0 spiro atoms. The van der Waals surface area contributed by atoms with Gasteiger partial charge >= 0.3 is 0 Å². The van der Waals surface area contributed by atoms with Gasteiger partial charge in [-0.3, -0.25) is 4.79 Å². The number of benzene rings is 1. The van der Waals surface area contributed by atoms with E-state index in [0.717, 1.165) is 5.57 Å². The number of halogens is 2. The zero-order valence-corrected chi connectivity index (χ0v) is 8.73. The molecule has 0 aliphatic rings. The van der Waals surface area contributed by atoms with Crippen molar-refractivity contribution in [2.75, 3.05) is 0 Å². The smallest absolute Gasteiger partial charge is 0.188 e. The summed E-state index contributed by atoms with van der Waals surface area (Å²) in [6.07, 6.45) is 1.38. The van der Waals surface area contributed by atoms with E-state index in [1.807, 2.05) is 0 Å². The molecule has 3 heteroatoms. The molecule has 1 nitrogen and oxygen atoms in total. The Balaban J connectivity index is 3.14. The van der Waals surface area contributed by atoms with Crippen LogP contribution in [0.4, 0.5) is 4.39 Å². The molecule has 0 N–H and O–H groups in total. The molecule has 0 atom stereocenters. The first-order chi connectivity index (χ1) is 6.52. The molecule has 0 saturated heterocycles. The number of hydrogen-bond acceptors (Lipinski definition) is 1. The van der Waals surface area contributed by atoms with Gasteiger partial charge in [-0.05, 0) is 32.1 Å². The van der Waals surface area contributed by atoms with Gasteiger partial charge in [0.1, 0.15) is 0 Å². The van der Waals surface area contributed by atoms with Crippen molar-refractivity contribution >= 4 is 17.4 Å². The van der Waals surface area contributed by atoms with Crippen LogP contribution in [0.1, 0.15) is 24.2 Å². The third-order valence-electron chi connectivity index (χ3n) is 1.64. The highest BCUT2D eigenvalue weighted by atomic mass is 35.5. The highest BCUT2D eigenvalue weighted by Gasteiger charge is 2.11. The van der Waals surface area contributed by atoms with Crippen LogP contribution in [0.25, 0.3) is 0 Å². The molecule has 1 aromatic rings.